The molecule has 0 aliphatic carbocycles. The first-order valence-corrected chi connectivity index (χ1v) is 10.6. The van der Waals surface area contributed by atoms with Crippen molar-refractivity contribution in [1.82, 2.24) is 15.6 Å². The normalized spacial score (nSPS) is 11.5. The Hall–Kier alpha value is -1.88. The lowest BCUT2D eigenvalue weighted by Crippen LogP contribution is -2.38. The van der Waals surface area contributed by atoms with Gasteiger partial charge in [0, 0.05) is 31.1 Å². The monoisotopic (exact) mass is 518 g/mol. The summed E-state index contributed by atoms with van der Waals surface area (Å²) in [6.45, 7) is 3.88. The lowest BCUT2D eigenvalue weighted by Gasteiger charge is -2.12. The number of sulfone groups is 1. The molecule has 2 aromatic rings. The van der Waals surface area contributed by atoms with Gasteiger partial charge in [-0.15, -0.1) is 24.0 Å². The van der Waals surface area contributed by atoms with Gasteiger partial charge in [0.1, 0.15) is 0 Å². The van der Waals surface area contributed by atoms with E-state index >= 15 is 0 Å². The molecule has 0 aliphatic heterocycles. The first-order valence-electron chi connectivity index (χ1n) is 8.73. The molecule has 154 valence electrons. The molecule has 0 spiro atoms. The zero-order chi connectivity index (χ0) is 19.7. The lowest BCUT2D eigenvalue weighted by atomic mass is 10.1. The van der Waals surface area contributed by atoms with E-state index in [2.05, 4.69) is 20.6 Å². The van der Waals surface area contributed by atoms with Crippen molar-refractivity contribution in [2.45, 2.75) is 24.8 Å². The van der Waals surface area contributed by atoms with Gasteiger partial charge in [-0.1, -0.05) is 18.2 Å². The predicted molar refractivity (Wildman–Crippen MR) is 122 cm³/mol. The maximum absolute atomic E-state index is 11.5. The van der Waals surface area contributed by atoms with E-state index in [0.717, 1.165) is 24.1 Å². The van der Waals surface area contributed by atoms with Gasteiger partial charge >= 0.3 is 0 Å². The van der Waals surface area contributed by atoms with Crippen LogP contribution in [0.1, 0.15) is 18.1 Å². The Morgan fingerprint density at radius 1 is 1.18 bits per heavy atom. The Bertz CT molecular complexity index is 871. The molecule has 0 saturated heterocycles. The summed E-state index contributed by atoms with van der Waals surface area (Å²) >= 11 is 0. The smallest absolute Gasteiger partial charge is 0.218 e. The van der Waals surface area contributed by atoms with Crippen molar-refractivity contribution >= 4 is 39.8 Å². The molecule has 1 aromatic carbocycles. The number of ether oxygens (including phenoxy) is 1. The zero-order valence-corrected chi connectivity index (χ0v) is 19.5. The second-order valence-electron chi connectivity index (χ2n) is 5.96. The number of hydrogen-bond acceptors (Lipinski definition) is 5. The number of pyridine rings is 1. The molecule has 1 aromatic heterocycles. The van der Waals surface area contributed by atoms with Gasteiger partial charge in [-0.05, 0) is 37.1 Å². The minimum absolute atomic E-state index is 0. The van der Waals surface area contributed by atoms with Crippen molar-refractivity contribution in [2.24, 2.45) is 4.99 Å². The molecular formula is C19H27IN4O3S. The fourth-order valence-electron chi connectivity index (χ4n) is 2.46. The van der Waals surface area contributed by atoms with E-state index in [4.69, 9.17) is 4.74 Å². The number of halogens is 1. The van der Waals surface area contributed by atoms with Gasteiger partial charge in [0.15, 0.2) is 15.8 Å². The van der Waals surface area contributed by atoms with Crippen LogP contribution in [0.15, 0.2) is 52.5 Å². The molecule has 28 heavy (non-hydrogen) atoms. The number of nitrogens with zero attached hydrogens (tertiary/aromatic N) is 2. The van der Waals surface area contributed by atoms with E-state index in [1.807, 2.05) is 31.2 Å². The maximum Gasteiger partial charge on any atom is 0.218 e. The average Bonchev–Trinajstić information content (AvgIpc) is 2.66. The van der Waals surface area contributed by atoms with Crippen molar-refractivity contribution in [1.29, 1.82) is 0 Å². The number of guanidine groups is 1. The summed E-state index contributed by atoms with van der Waals surface area (Å²) in [6, 6.07) is 10.7. The third kappa shape index (κ3) is 7.63. The van der Waals surface area contributed by atoms with Gasteiger partial charge in [-0.25, -0.2) is 18.4 Å². The molecule has 0 amide bonds. The topological polar surface area (TPSA) is 92.7 Å². The molecule has 0 unspecified atom stereocenters. The molecule has 0 fully saturated rings. The highest BCUT2D eigenvalue weighted by molar-refractivity contribution is 14.0. The summed E-state index contributed by atoms with van der Waals surface area (Å²) in [4.78, 5) is 9.07. The van der Waals surface area contributed by atoms with Gasteiger partial charge in [-0.3, -0.25) is 0 Å². The second kappa shape index (κ2) is 11.8. The Labute approximate surface area is 184 Å². The number of benzene rings is 1. The SMILES string of the molecule is CCNC(=NCc1cccnc1OC)NCCc1ccc(S(C)(=O)=O)cc1.I. The number of aliphatic imine (C=N–C) groups is 1. The van der Waals surface area contributed by atoms with E-state index in [-0.39, 0.29) is 24.0 Å². The molecule has 0 radical (unpaired) electrons. The molecule has 0 atom stereocenters. The van der Waals surface area contributed by atoms with Crippen molar-refractivity contribution < 1.29 is 13.2 Å². The zero-order valence-electron chi connectivity index (χ0n) is 16.3. The minimum atomic E-state index is -3.16. The fourth-order valence-corrected chi connectivity index (χ4v) is 3.09. The van der Waals surface area contributed by atoms with E-state index in [9.17, 15) is 8.42 Å². The van der Waals surface area contributed by atoms with Crippen LogP contribution in [0.4, 0.5) is 0 Å². The largest absolute Gasteiger partial charge is 0.481 e. The number of aromatic nitrogens is 1. The van der Waals surface area contributed by atoms with Gasteiger partial charge in [-0.2, -0.15) is 0 Å². The summed E-state index contributed by atoms with van der Waals surface area (Å²) in [7, 11) is -1.57. The summed E-state index contributed by atoms with van der Waals surface area (Å²) in [5, 5.41) is 6.49. The van der Waals surface area contributed by atoms with Crippen molar-refractivity contribution in [3.8, 4) is 5.88 Å². The highest BCUT2D eigenvalue weighted by Gasteiger charge is 2.06. The second-order valence-corrected chi connectivity index (χ2v) is 7.98. The van der Waals surface area contributed by atoms with Crippen LogP contribution < -0.4 is 15.4 Å². The Balaban J connectivity index is 0.00000392. The fraction of sp³-hybridized carbons (Fsp3) is 0.368. The molecular weight excluding hydrogens is 491 g/mol. The molecule has 9 heteroatoms. The number of rotatable bonds is 8. The standard InChI is InChI=1S/C19H26N4O3S.HI/c1-4-20-19(23-14-16-6-5-12-21-18(16)26-2)22-13-11-15-7-9-17(10-8-15)27(3,24)25;/h5-10,12H,4,11,13-14H2,1-3H3,(H2,20,22,23);1H. The van der Waals surface area contributed by atoms with Gasteiger partial charge in [0.05, 0.1) is 18.6 Å². The minimum Gasteiger partial charge on any atom is -0.481 e. The van der Waals surface area contributed by atoms with Crippen LogP contribution in [0, 0.1) is 0 Å². The van der Waals surface area contributed by atoms with Crippen LogP contribution in [0.2, 0.25) is 0 Å². The van der Waals surface area contributed by atoms with Gasteiger partial charge in [0.25, 0.3) is 0 Å². The molecule has 7 nitrogen and oxygen atoms in total. The van der Waals surface area contributed by atoms with Crippen LogP contribution in [-0.4, -0.2) is 45.8 Å². The lowest BCUT2D eigenvalue weighted by molar-refractivity contribution is 0.392. The Kier molecular flexibility index (Phi) is 10.2. The molecule has 0 saturated carbocycles. The van der Waals surface area contributed by atoms with E-state index in [1.54, 1.807) is 25.4 Å². The molecule has 2 N–H and O–H groups in total. The molecule has 0 bridgehead atoms. The third-order valence-corrected chi connectivity index (χ3v) is 4.98. The highest BCUT2D eigenvalue weighted by Crippen LogP contribution is 2.14. The van der Waals surface area contributed by atoms with E-state index < -0.39 is 9.84 Å². The van der Waals surface area contributed by atoms with Crippen molar-refractivity contribution in [3.05, 3.63) is 53.7 Å². The van der Waals surface area contributed by atoms with E-state index in [1.165, 1.54) is 6.26 Å². The first kappa shape index (κ1) is 24.2. The number of hydrogen-bond donors (Lipinski definition) is 2. The maximum atomic E-state index is 11.5. The third-order valence-electron chi connectivity index (χ3n) is 3.85. The first-order chi connectivity index (χ1) is 12.9. The average molecular weight is 518 g/mol. The van der Waals surface area contributed by atoms with Crippen LogP contribution in [0.3, 0.4) is 0 Å². The Morgan fingerprint density at radius 2 is 1.89 bits per heavy atom. The predicted octanol–water partition coefficient (Wildman–Crippen LogP) is 2.41. The molecule has 1 heterocycles. The van der Waals surface area contributed by atoms with Crippen molar-refractivity contribution in [2.75, 3.05) is 26.5 Å². The number of nitrogens with one attached hydrogen (secondary N) is 2. The van der Waals surface area contributed by atoms with Crippen LogP contribution in [0.5, 0.6) is 5.88 Å². The summed E-state index contributed by atoms with van der Waals surface area (Å²) < 4.78 is 28.3. The summed E-state index contributed by atoms with van der Waals surface area (Å²) in [5.41, 5.74) is 1.97. The number of methoxy groups -OCH3 is 1. The Morgan fingerprint density at radius 3 is 2.50 bits per heavy atom. The van der Waals surface area contributed by atoms with Crippen LogP contribution in [-0.2, 0) is 22.8 Å². The summed E-state index contributed by atoms with van der Waals surface area (Å²) in [6.07, 6.45) is 3.65. The van der Waals surface area contributed by atoms with Crippen LogP contribution in [0.25, 0.3) is 0 Å². The van der Waals surface area contributed by atoms with Crippen molar-refractivity contribution in [3.63, 3.8) is 0 Å². The van der Waals surface area contributed by atoms with Gasteiger partial charge < -0.3 is 15.4 Å². The van der Waals surface area contributed by atoms with Crippen LogP contribution >= 0.6 is 24.0 Å². The quantitative estimate of drug-likeness (QED) is 0.317. The highest BCUT2D eigenvalue weighted by atomic mass is 127. The summed E-state index contributed by atoms with van der Waals surface area (Å²) in [5.74, 6) is 1.28. The molecule has 0 aliphatic rings. The van der Waals surface area contributed by atoms with Gasteiger partial charge in [0.2, 0.25) is 5.88 Å². The van der Waals surface area contributed by atoms with E-state index in [0.29, 0.717) is 29.8 Å². The molecule has 2 rings (SSSR count).